The lowest BCUT2D eigenvalue weighted by Gasteiger charge is -2.56. The summed E-state index contributed by atoms with van der Waals surface area (Å²) in [6, 6.07) is 8.60. The SMILES string of the molecule is CNc1ccc(N2CC3(COC3)C2)cc1. The van der Waals surface area contributed by atoms with E-state index >= 15 is 0 Å². The minimum Gasteiger partial charge on any atom is -0.388 e. The molecule has 0 amide bonds. The standard InChI is InChI=1S/C12H16N2O/c1-13-10-2-4-11(5-3-10)14-6-12(7-14)8-15-9-12/h2-5,13H,6-9H2,1H3. The summed E-state index contributed by atoms with van der Waals surface area (Å²) in [6.07, 6.45) is 0. The second-order valence-corrected chi connectivity index (χ2v) is 4.65. The quantitative estimate of drug-likeness (QED) is 0.791. The number of nitrogens with one attached hydrogen (secondary N) is 1. The van der Waals surface area contributed by atoms with Crippen molar-refractivity contribution in [2.45, 2.75) is 0 Å². The van der Waals surface area contributed by atoms with Crippen molar-refractivity contribution in [1.29, 1.82) is 0 Å². The maximum Gasteiger partial charge on any atom is 0.0579 e. The highest BCUT2D eigenvalue weighted by molar-refractivity contribution is 5.56. The molecule has 3 heteroatoms. The van der Waals surface area contributed by atoms with Gasteiger partial charge in [-0.1, -0.05) is 0 Å². The second-order valence-electron chi connectivity index (χ2n) is 4.65. The van der Waals surface area contributed by atoms with Gasteiger partial charge in [0.25, 0.3) is 0 Å². The van der Waals surface area contributed by atoms with E-state index in [1.54, 1.807) is 0 Å². The van der Waals surface area contributed by atoms with Gasteiger partial charge in [0.2, 0.25) is 0 Å². The van der Waals surface area contributed by atoms with Gasteiger partial charge in [-0.25, -0.2) is 0 Å². The van der Waals surface area contributed by atoms with Crippen LogP contribution < -0.4 is 10.2 Å². The number of hydrogen-bond donors (Lipinski definition) is 1. The first-order valence-corrected chi connectivity index (χ1v) is 5.42. The smallest absolute Gasteiger partial charge is 0.0579 e. The zero-order chi connectivity index (χ0) is 10.3. The molecule has 0 bridgehead atoms. The molecule has 3 nitrogen and oxygen atoms in total. The molecule has 1 spiro atoms. The van der Waals surface area contributed by atoms with Crippen molar-refractivity contribution < 1.29 is 4.74 Å². The Morgan fingerprint density at radius 1 is 1.20 bits per heavy atom. The molecule has 3 rings (SSSR count). The van der Waals surface area contributed by atoms with E-state index < -0.39 is 0 Å². The number of benzene rings is 1. The summed E-state index contributed by atoms with van der Waals surface area (Å²) in [6.45, 7) is 4.23. The molecule has 1 N–H and O–H groups in total. The Kier molecular flexibility index (Phi) is 1.89. The normalized spacial score (nSPS) is 22.1. The van der Waals surface area contributed by atoms with E-state index in [0.717, 1.165) is 26.3 Å². The molecule has 80 valence electrons. The van der Waals surface area contributed by atoms with Crippen LogP contribution in [0.2, 0.25) is 0 Å². The Balaban J connectivity index is 1.67. The highest BCUT2D eigenvalue weighted by Crippen LogP contribution is 2.40. The first kappa shape index (κ1) is 9.04. The molecular weight excluding hydrogens is 188 g/mol. The summed E-state index contributed by atoms with van der Waals surface area (Å²) < 4.78 is 5.26. The van der Waals surface area contributed by atoms with Crippen LogP contribution in [0.3, 0.4) is 0 Å². The molecule has 0 aromatic heterocycles. The van der Waals surface area contributed by atoms with Crippen LogP contribution in [0.15, 0.2) is 24.3 Å². The Morgan fingerprint density at radius 2 is 1.87 bits per heavy atom. The van der Waals surface area contributed by atoms with Crippen molar-refractivity contribution in [3.63, 3.8) is 0 Å². The van der Waals surface area contributed by atoms with E-state index in [1.807, 2.05) is 7.05 Å². The predicted molar refractivity (Wildman–Crippen MR) is 61.5 cm³/mol. The van der Waals surface area contributed by atoms with Gasteiger partial charge in [-0.3, -0.25) is 0 Å². The molecule has 1 aromatic carbocycles. The fourth-order valence-corrected chi connectivity index (χ4v) is 2.36. The summed E-state index contributed by atoms with van der Waals surface area (Å²) in [5.74, 6) is 0. The minimum atomic E-state index is 0.502. The monoisotopic (exact) mass is 204 g/mol. The average molecular weight is 204 g/mol. The van der Waals surface area contributed by atoms with Crippen LogP contribution in [0.5, 0.6) is 0 Å². The maximum atomic E-state index is 5.26. The van der Waals surface area contributed by atoms with Crippen molar-refractivity contribution in [3.05, 3.63) is 24.3 Å². The van der Waals surface area contributed by atoms with Crippen LogP contribution in [0, 0.1) is 5.41 Å². The third-order valence-electron chi connectivity index (χ3n) is 3.39. The molecule has 0 aliphatic carbocycles. The Morgan fingerprint density at radius 3 is 2.33 bits per heavy atom. The molecule has 1 aromatic rings. The van der Waals surface area contributed by atoms with Gasteiger partial charge in [0.05, 0.1) is 18.6 Å². The van der Waals surface area contributed by atoms with E-state index in [2.05, 4.69) is 34.5 Å². The molecule has 0 atom stereocenters. The Bertz CT molecular complexity index is 348. The lowest BCUT2D eigenvalue weighted by atomic mass is 9.78. The van der Waals surface area contributed by atoms with E-state index in [4.69, 9.17) is 4.74 Å². The van der Waals surface area contributed by atoms with E-state index in [0.29, 0.717) is 5.41 Å². The number of anilines is 2. The summed E-state index contributed by atoms with van der Waals surface area (Å²) in [5, 5.41) is 3.13. The number of rotatable bonds is 2. The van der Waals surface area contributed by atoms with Crippen LogP contribution >= 0.6 is 0 Å². The van der Waals surface area contributed by atoms with Crippen LogP contribution in [-0.2, 0) is 4.74 Å². The average Bonchev–Trinajstić information content (AvgIpc) is 2.14. The molecule has 0 saturated carbocycles. The lowest BCUT2D eigenvalue weighted by Crippen LogP contribution is -2.66. The van der Waals surface area contributed by atoms with Gasteiger partial charge >= 0.3 is 0 Å². The van der Waals surface area contributed by atoms with Crippen LogP contribution in [0.4, 0.5) is 11.4 Å². The highest BCUT2D eigenvalue weighted by Gasteiger charge is 2.48. The van der Waals surface area contributed by atoms with Gasteiger partial charge in [-0.05, 0) is 24.3 Å². The van der Waals surface area contributed by atoms with Gasteiger partial charge in [0.15, 0.2) is 0 Å². The first-order chi connectivity index (χ1) is 7.31. The van der Waals surface area contributed by atoms with Crippen molar-refractivity contribution in [3.8, 4) is 0 Å². The van der Waals surface area contributed by atoms with E-state index in [9.17, 15) is 0 Å². The largest absolute Gasteiger partial charge is 0.388 e. The topological polar surface area (TPSA) is 24.5 Å². The Hall–Kier alpha value is -1.22. The van der Waals surface area contributed by atoms with Crippen molar-refractivity contribution in [2.75, 3.05) is 43.6 Å². The molecule has 2 fully saturated rings. The van der Waals surface area contributed by atoms with Gasteiger partial charge < -0.3 is 15.0 Å². The fraction of sp³-hybridized carbons (Fsp3) is 0.500. The Labute approximate surface area is 90.0 Å². The number of hydrogen-bond acceptors (Lipinski definition) is 3. The summed E-state index contributed by atoms with van der Waals surface area (Å²) in [4.78, 5) is 2.42. The fourth-order valence-electron chi connectivity index (χ4n) is 2.36. The highest BCUT2D eigenvalue weighted by atomic mass is 16.5. The zero-order valence-corrected chi connectivity index (χ0v) is 8.99. The number of nitrogens with zero attached hydrogens (tertiary/aromatic N) is 1. The minimum absolute atomic E-state index is 0.502. The first-order valence-electron chi connectivity index (χ1n) is 5.42. The van der Waals surface area contributed by atoms with Crippen molar-refractivity contribution >= 4 is 11.4 Å². The molecule has 15 heavy (non-hydrogen) atoms. The molecular formula is C12H16N2O. The molecule has 2 aliphatic rings. The second kappa shape index (κ2) is 3.14. The van der Waals surface area contributed by atoms with Gasteiger partial charge in [0, 0.05) is 31.5 Å². The van der Waals surface area contributed by atoms with Crippen molar-refractivity contribution in [1.82, 2.24) is 0 Å². The van der Waals surface area contributed by atoms with Gasteiger partial charge in [-0.2, -0.15) is 0 Å². The van der Waals surface area contributed by atoms with Gasteiger partial charge in [-0.15, -0.1) is 0 Å². The summed E-state index contributed by atoms with van der Waals surface area (Å²) >= 11 is 0. The molecule has 2 saturated heterocycles. The third-order valence-corrected chi connectivity index (χ3v) is 3.39. The summed E-state index contributed by atoms with van der Waals surface area (Å²) in [7, 11) is 1.94. The molecule has 2 heterocycles. The van der Waals surface area contributed by atoms with Crippen LogP contribution in [0.1, 0.15) is 0 Å². The molecule has 0 radical (unpaired) electrons. The van der Waals surface area contributed by atoms with Crippen LogP contribution in [-0.4, -0.2) is 33.4 Å². The molecule has 0 unspecified atom stereocenters. The predicted octanol–water partition coefficient (Wildman–Crippen LogP) is 1.56. The van der Waals surface area contributed by atoms with E-state index in [1.165, 1.54) is 11.4 Å². The van der Waals surface area contributed by atoms with Crippen LogP contribution in [0.25, 0.3) is 0 Å². The lowest BCUT2D eigenvalue weighted by molar-refractivity contribution is -0.127. The van der Waals surface area contributed by atoms with E-state index in [-0.39, 0.29) is 0 Å². The zero-order valence-electron chi connectivity index (χ0n) is 8.99. The third kappa shape index (κ3) is 1.38. The van der Waals surface area contributed by atoms with Gasteiger partial charge in [0.1, 0.15) is 0 Å². The number of ether oxygens (including phenoxy) is 1. The molecule has 2 aliphatic heterocycles. The maximum absolute atomic E-state index is 5.26. The summed E-state index contributed by atoms with van der Waals surface area (Å²) in [5.41, 5.74) is 2.99. The van der Waals surface area contributed by atoms with Crippen molar-refractivity contribution in [2.24, 2.45) is 5.41 Å².